The molecule has 0 radical (unpaired) electrons. The Balaban J connectivity index is 2.74. The molecule has 2 nitrogen and oxygen atoms in total. The van der Waals surface area contributed by atoms with E-state index < -0.39 is 0 Å². The highest BCUT2D eigenvalue weighted by Crippen LogP contribution is 2.27. The lowest BCUT2D eigenvalue weighted by molar-refractivity contribution is 0.340. The van der Waals surface area contributed by atoms with Crippen LogP contribution in [0.25, 0.3) is 0 Å². The van der Waals surface area contributed by atoms with Crippen LogP contribution in [-0.4, -0.2) is 13.2 Å². The van der Waals surface area contributed by atoms with Crippen LogP contribution >= 0.6 is 11.6 Å². The second-order valence-electron chi connectivity index (χ2n) is 2.64. The molecule has 0 fully saturated rings. The lowest BCUT2D eigenvalue weighted by Crippen LogP contribution is -1.98. The van der Waals surface area contributed by atoms with Gasteiger partial charge in [-0.1, -0.05) is 17.5 Å². The van der Waals surface area contributed by atoms with Gasteiger partial charge in [0.05, 0.1) is 18.2 Å². The van der Waals surface area contributed by atoms with Crippen LogP contribution in [0.2, 0.25) is 5.02 Å². The maximum Gasteiger partial charge on any atom is 0.138 e. The first-order valence-corrected chi connectivity index (χ1v) is 4.75. The van der Waals surface area contributed by atoms with Crippen molar-refractivity contribution in [2.45, 2.75) is 6.92 Å². The number of anilines is 1. The number of ether oxygens (including phenoxy) is 1. The normalized spacial score (nSPS) is 9.21. The van der Waals surface area contributed by atoms with E-state index >= 15 is 0 Å². The highest BCUT2D eigenvalue weighted by molar-refractivity contribution is 6.32. The van der Waals surface area contributed by atoms with Gasteiger partial charge in [0, 0.05) is 5.69 Å². The van der Waals surface area contributed by atoms with Crippen LogP contribution in [0.1, 0.15) is 6.92 Å². The Hall–Kier alpha value is -1.33. The van der Waals surface area contributed by atoms with Crippen LogP contribution < -0.4 is 10.1 Å². The summed E-state index contributed by atoms with van der Waals surface area (Å²) in [5.41, 5.74) is 0.899. The number of halogens is 1. The maximum absolute atomic E-state index is 5.97. The summed E-state index contributed by atoms with van der Waals surface area (Å²) in [5, 5.41) is 3.62. The van der Waals surface area contributed by atoms with E-state index in [0.717, 1.165) is 5.69 Å². The van der Waals surface area contributed by atoms with Gasteiger partial charge in [0.15, 0.2) is 0 Å². The van der Waals surface area contributed by atoms with Gasteiger partial charge in [-0.15, -0.1) is 6.42 Å². The van der Waals surface area contributed by atoms with E-state index in [1.54, 1.807) is 6.07 Å². The van der Waals surface area contributed by atoms with E-state index in [0.29, 0.717) is 23.9 Å². The van der Waals surface area contributed by atoms with Crippen LogP contribution in [0.15, 0.2) is 18.2 Å². The number of hydrogen-bond acceptors (Lipinski definition) is 2. The Labute approximate surface area is 89.2 Å². The molecular formula is C11H12ClNO. The fraction of sp³-hybridized carbons (Fsp3) is 0.273. The van der Waals surface area contributed by atoms with Gasteiger partial charge in [0.2, 0.25) is 0 Å². The third kappa shape index (κ3) is 2.86. The van der Waals surface area contributed by atoms with Crippen molar-refractivity contribution in [3.8, 4) is 18.1 Å². The molecule has 74 valence electrons. The molecule has 0 saturated heterocycles. The minimum absolute atomic E-state index is 0.490. The summed E-state index contributed by atoms with van der Waals surface area (Å²) in [6, 6.07) is 5.50. The van der Waals surface area contributed by atoms with Gasteiger partial charge in [0.25, 0.3) is 0 Å². The second-order valence-corrected chi connectivity index (χ2v) is 3.04. The topological polar surface area (TPSA) is 21.3 Å². The Kier molecular flexibility index (Phi) is 4.15. The van der Waals surface area contributed by atoms with E-state index in [9.17, 15) is 0 Å². The van der Waals surface area contributed by atoms with Crippen molar-refractivity contribution in [1.82, 2.24) is 0 Å². The molecule has 3 heteroatoms. The summed E-state index contributed by atoms with van der Waals surface area (Å²) in [6.07, 6.45) is 5.12. The summed E-state index contributed by atoms with van der Waals surface area (Å²) in [6.45, 7) is 3.02. The molecule has 0 aliphatic carbocycles. The number of hydrogen-bond donors (Lipinski definition) is 1. The summed E-state index contributed by atoms with van der Waals surface area (Å²) in [7, 11) is 0. The Morgan fingerprint density at radius 2 is 2.36 bits per heavy atom. The van der Waals surface area contributed by atoms with Crippen molar-refractivity contribution in [1.29, 1.82) is 0 Å². The summed E-state index contributed by atoms with van der Waals surface area (Å²) in [5.74, 6) is 3.18. The van der Waals surface area contributed by atoms with E-state index in [1.165, 1.54) is 0 Å². The van der Waals surface area contributed by atoms with Crippen LogP contribution in [-0.2, 0) is 0 Å². The predicted octanol–water partition coefficient (Wildman–Crippen LogP) is 2.78. The molecule has 0 spiro atoms. The molecule has 1 rings (SSSR count). The first-order valence-electron chi connectivity index (χ1n) is 4.37. The van der Waals surface area contributed by atoms with Crippen molar-refractivity contribution in [2.24, 2.45) is 0 Å². The van der Waals surface area contributed by atoms with Crippen LogP contribution in [0.3, 0.4) is 0 Å². The summed E-state index contributed by atoms with van der Waals surface area (Å²) < 4.78 is 5.30. The minimum Gasteiger partial charge on any atom is -0.492 e. The molecule has 14 heavy (non-hydrogen) atoms. The molecule has 0 atom stereocenters. The third-order valence-corrected chi connectivity index (χ3v) is 1.92. The van der Waals surface area contributed by atoms with Crippen molar-refractivity contribution in [3.63, 3.8) is 0 Å². The average molecular weight is 210 g/mol. The molecule has 0 amide bonds. The second kappa shape index (κ2) is 5.41. The van der Waals surface area contributed by atoms with Gasteiger partial charge in [-0.2, -0.15) is 0 Å². The first kappa shape index (κ1) is 10.7. The van der Waals surface area contributed by atoms with Gasteiger partial charge in [-0.3, -0.25) is 0 Å². The Morgan fingerprint density at radius 1 is 1.57 bits per heavy atom. The molecule has 1 aromatic rings. The number of terminal acetylenes is 1. The maximum atomic E-state index is 5.97. The molecular weight excluding hydrogens is 198 g/mol. The lowest BCUT2D eigenvalue weighted by atomic mass is 10.3. The van der Waals surface area contributed by atoms with E-state index in [1.807, 2.05) is 19.1 Å². The fourth-order valence-corrected chi connectivity index (χ4v) is 1.27. The van der Waals surface area contributed by atoms with Gasteiger partial charge in [-0.25, -0.2) is 0 Å². The smallest absolute Gasteiger partial charge is 0.138 e. The van der Waals surface area contributed by atoms with E-state index in [2.05, 4.69) is 11.2 Å². The molecule has 0 aliphatic heterocycles. The molecule has 0 aromatic heterocycles. The summed E-state index contributed by atoms with van der Waals surface area (Å²) >= 11 is 5.97. The number of nitrogens with one attached hydrogen (secondary N) is 1. The third-order valence-electron chi connectivity index (χ3n) is 1.63. The van der Waals surface area contributed by atoms with Gasteiger partial charge >= 0.3 is 0 Å². The van der Waals surface area contributed by atoms with E-state index in [-0.39, 0.29) is 0 Å². The largest absolute Gasteiger partial charge is 0.492 e. The van der Waals surface area contributed by atoms with Crippen LogP contribution in [0, 0.1) is 12.3 Å². The Morgan fingerprint density at radius 3 is 2.93 bits per heavy atom. The highest BCUT2D eigenvalue weighted by Gasteiger charge is 2.01. The first-order chi connectivity index (χ1) is 6.77. The molecule has 0 aliphatic rings. The quantitative estimate of drug-likeness (QED) is 0.770. The lowest BCUT2D eigenvalue weighted by Gasteiger charge is -2.07. The molecule has 0 bridgehead atoms. The van der Waals surface area contributed by atoms with Gasteiger partial charge < -0.3 is 10.1 Å². The predicted molar refractivity (Wildman–Crippen MR) is 59.9 cm³/mol. The molecule has 0 saturated carbocycles. The zero-order valence-corrected chi connectivity index (χ0v) is 8.77. The summed E-state index contributed by atoms with van der Waals surface area (Å²) in [4.78, 5) is 0. The molecule has 0 unspecified atom stereocenters. The molecule has 1 aromatic carbocycles. The zero-order chi connectivity index (χ0) is 10.4. The average Bonchev–Trinajstić information content (AvgIpc) is 2.19. The van der Waals surface area contributed by atoms with Crippen molar-refractivity contribution in [2.75, 3.05) is 18.5 Å². The Bertz CT molecular complexity index is 344. The number of benzene rings is 1. The minimum atomic E-state index is 0.490. The van der Waals surface area contributed by atoms with Crippen molar-refractivity contribution in [3.05, 3.63) is 23.2 Å². The fourth-order valence-electron chi connectivity index (χ4n) is 1.04. The SMILES string of the molecule is C#CCNc1ccc(OCC)c(Cl)c1. The van der Waals surface area contributed by atoms with Crippen molar-refractivity contribution >= 4 is 17.3 Å². The van der Waals surface area contributed by atoms with Crippen LogP contribution in [0.4, 0.5) is 5.69 Å². The monoisotopic (exact) mass is 209 g/mol. The van der Waals surface area contributed by atoms with Crippen molar-refractivity contribution < 1.29 is 4.74 Å². The molecule has 1 N–H and O–H groups in total. The van der Waals surface area contributed by atoms with Crippen LogP contribution in [0.5, 0.6) is 5.75 Å². The van der Waals surface area contributed by atoms with Gasteiger partial charge in [0.1, 0.15) is 5.75 Å². The zero-order valence-electron chi connectivity index (χ0n) is 8.01. The number of rotatable bonds is 4. The highest BCUT2D eigenvalue weighted by atomic mass is 35.5. The molecule has 0 heterocycles. The van der Waals surface area contributed by atoms with E-state index in [4.69, 9.17) is 22.8 Å². The van der Waals surface area contributed by atoms with Gasteiger partial charge in [-0.05, 0) is 25.1 Å². The standard InChI is InChI=1S/C11H12ClNO/c1-3-7-13-9-5-6-11(14-4-2)10(12)8-9/h1,5-6,8,13H,4,7H2,2H3.